The van der Waals surface area contributed by atoms with Gasteiger partial charge in [-0.2, -0.15) is 0 Å². The molecule has 7 heteroatoms. The first kappa shape index (κ1) is 18.0. The summed E-state index contributed by atoms with van der Waals surface area (Å²) in [4.78, 5) is 3.69. The summed E-state index contributed by atoms with van der Waals surface area (Å²) in [6, 6.07) is 10.9. The van der Waals surface area contributed by atoms with Crippen LogP contribution in [0.25, 0.3) is 10.1 Å². The van der Waals surface area contributed by atoms with Gasteiger partial charge in [-0.05, 0) is 43.7 Å². The summed E-state index contributed by atoms with van der Waals surface area (Å²) >= 11 is 3.52. The number of hydrogen-bond acceptors (Lipinski definition) is 6. The highest BCUT2D eigenvalue weighted by Gasteiger charge is 2.21. The first-order valence-electron chi connectivity index (χ1n) is 8.96. The van der Waals surface area contributed by atoms with E-state index in [1.807, 2.05) is 11.3 Å². The maximum Gasteiger partial charge on any atom is 0.191 e. The number of hydrogen-bond donors (Lipinski definition) is 0. The van der Waals surface area contributed by atoms with Crippen LogP contribution in [0.1, 0.15) is 23.5 Å². The molecule has 0 saturated carbocycles. The molecule has 3 heterocycles. The van der Waals surface area contributed by atoms with Crippen molar-refractivity contribution in [2.45, 2.75) is 43.7 Å². The van der Waals surface area contributed by atoms with Gasteiger partial charge in [0.1, 0.15) is 5.82 Å². The molecule has 1 fully saturated rings. The minimum Gasteiger partial charge on any atom is -0.376 e. The van der Waals surface area contributed by atoms with E-state index in [1.165, 1.54) is 15.0 Å². The number of rotatable bonds is 7. The molecule has 0 aliphatic carbocycles. The Morgan fingerprint density at radius 3 is 2.96 bits per heavy atom. The third kappa shape index (κ3) is 3.96. The minimum absolute atomic E-state index is 0.295. The van der Waals surface area contributed by atoms with E-state index < -0.39 is 0 Å². The Morgan fingerprint density at radius 2 is 2.19 bits per heavy atom. The Bertz CT molecular complexity index is 836. The highest BCUT2D eigenvalue weighted by Crippen LogP contribution is 2.26. The van der Waals surface area contributed by atoms with Crippen molar-refractivity contribution in [3.63, 3.8) is 0 Å². The van der Waals surface area contributed by atoms with Gasteiger partial charge in [0, 0.05) is 22.7 Å². The molecule has 0 amide bonds. The summed E-state index contributed by atoms with van der Waals surface area (Å²) in [5, 5.41) is 11.1. The zero-order valence-electron chi connectivity index (χ0n) is 15.2. The van der Waals surface area contributed by atoms with Gasteiger partial charge >= 0.3 is 0 Å². The van der Waals surface area contributed by atoms with Crippen LogP contribution >= 0.6 is 23.1 Å². The molecular weight excluding hydrogens is 364 g/mol. The second kappa shape index (κ2) is 8.08. The van der Waals surface area contributed by atoms with Crippen molar-refractivity contribution in [1.82, 2.24) is 19.7 Å². The van der Waals surface area contributed by atoms with E-state index in [1.54, 1.807) is 11.8 Å². The molecule has 1 aliphatic rings. The molecule has 3 aromatic rings. The zero-order chi connectivity index (χ0) is 17.9. The van der Waals surface area contributed by atoms with Crippen LogP contribution < -0.4 is 0 Å². The molecule has 26 heavy (non-hydrogen) atoms. The molecule has 4 rings (SSSR count). The maximum absolute atomic E-state index is 5.82. The van der Waals surface area contributed by atoms with Crippen LogP contribution in [0.15, 0.2) is 35.5 Å². The Kier molecular flexibility index (Phi) is 5.59. The van der Waals surface area contributed by atoms with Crippen molar-refractivity contribution in [2.75, 3.05) is 19.9 Å². The second-order valence-corrected chi connectivity index (χ2v) is 8.71. The monoisotopic (exact) mass is 388 g/mol. The van der Waals surface area contributed by atoms with Crippen LogP contribution in [0.3, 0.4) is 0 Å². The standard InChI is InChI=1S/C19H24N4OS2/c1-22(12-16-10-14-6-3-4-8-17(14)26-16)13-18-20-21-19(25-2)23(18)11-15-7-5-9-24-15/h3-4,6,8,10,15H,5,7,9,11-13H2,1-2H3/t15-/m1/s1. The highest BCUT2D eigenvalue weighted by atomic mass is 32.2. The Hall–Kier alpha value is -1.41. The van der Waals surface area contributed by atoms with E-state index in [0.29, 0.717) is 6.10 Å². The molecule has 1 aromatic carbocycles. The molecule has 0 N–H and O–H groups in total. The Labute approximate surface area is 162 Å². The smallest absolute Gasteiger partial charge is 0.191 e. The van der Waals surface area contributed by atoms with E-state index in [9.17, 15) is 0 Å². The van der Waals surface area contributed by atoms with Crippen molar-refractivity contribution >= 4 is 33.2 Å². The number of benzene rings is 1. The van der Waals surface area contributed by atoms with Gasteiger partial charge in [-0.25, -0.2) is 0 Å². The van der Waals surface area contributed by atoms with E-state index in [4.69, 9.17) is 4.74 Å². The molecule has 138 valence electrons. The molecule has 1 saturated heterocycles. The van der Waals surface area contributed by atoms with Crippen LogP contribution in [0.5, 0.6) is 0 Å². The SMILES string of the molecule is CSc1nnc(CN(C)Cc2cc3ccccc3s2)n1C[C@H]1CCCO1. The molecule has 1 atom stereocenters. The second-order valence-electron chi connectivity index (χ2n) is 6.77. The number of aromatic nitrogens is 3. The van der Waals surface area contributed by atoms with E-state index in [0.717, 1.165) is 50.1 Å². The summed E-state index contributed by atoms with van der Waals surface area (Å²) < 4.78 is 9.40. The Morgan fingerprint density at radius 1 is 1.31 bits per heavy atom. The van der Waals surface area contributed by atoms with Gasteiger partial charge in [-0.15, -0.1) is 21.5 Å². The van der Waals surface area contributed by atoms with Gasteiger partial charge < -0.3 is 9.30 Å². The molecule has 0 bridgehead atoms. The van der Waals surface area contributed by atoms with E-state index >= 15 is 0 Å². The van der Waals surface area contributed by atoms with Gasteiger partial charge in [-0.3, -0.25) is 4.90 Å². The van der Waals surface area contributed by atoms with Gasteiger partial charge in [0.25, 0.3) is 0 Å². The lowest BCUT2D eigenvalue weighted by molar-refractivity contribution is 0.0934. The molecule has 0 radical (unpaired) electrons. The third-order valence-electron chi connectivity index (χ3n) is 4.70. The predicted octanol–water partition coefficient (Wildman–Crippen LogP) is 4.03. The highest BCUT2D eigenvalue weighted by molar-refractivity contribution is 7.98. The van der Waals surface area contributed by atoms with E-state index in [-0.39, 0.29) is 0 Å². The fourth-order valence-electron chi connectivity index (χ4n) is 3.44. The molecule has 1 aliphatic heterocycles. The van der Waals surface area contributed by atoms with E-state index in [2.05, 4.69) is 63.3 Å². The quantitative estimate of drug-likeness (QED) is 0.572. The fraction of sp³-hybridized carbons (Fsp3) is 0.474. The first-order valence-corrected chi connectivity index (χ1v) is 11.0. The number of thioether (sulfide) groups is 1. The fourth-order valence-corrected chi connectivity index (χ4v) is 5.11. The van der Waals surface area contributed by atoms with Gasteiger partial charge in [0.05, 0.1) is 19.2 Å². The van der Waals surface area contributed by atoms with Crippen molar-refractivity contribution in [3.8, 4) is 0 Å². The van der Waals surface area contributed by atoms with Crippen LogP contribution in [0.2, 0.25) is 0 Å². The van der Waals surface area contributed by atoms with Gasteiger partial charge in [0.15, 0.2) is 5.16 Å². The normalized spacial score (nSPS) is 17.6. The summed E-state index contributed by atoms with van der Waals surface area (Å²) in [7, 11) is 2.15. The van der Waals surface area contributed by atoms with Gasteiger partial charge in [0.2, 0.25) is 0 Å². The summed E-state index contributed by atoms with van der Waals surface area (Å²) in [5.41, 5.74) is 0. The van der Waals surface area contributed by atoms with Crippen molar-refractivity contribution in [1.29, 1.82) is 0 Å². The molecular formula is C19H24N4OS2. The lowest BCUT2D eigenvalue weighted by Gasteiger charge is -2.18. The molecule has 2 aromatic heterocycles. The lowest BCUT2D eigenvalue weighted by Crippen LogP contribution is -2.23. The first-order chi connectivity index (χ1) is 12.7. The Balaban J connectivity index is 1.46. The van der Waals surface area contributed by atoms with Crippen molar-refractivity contribution in [3.05, 3.63) is 41.0 Å². The van der Waals surface area contributed by atoms with Crippen LogP contribution in [0.4, 0.5) is 0 Å². The number of nitrogens with zero attached hydrogens (tertiary/aromatic N) is 4. The molecule has 0 unspecified atom stereocenters. The number of thiophene rings is 1. The average molecular weight is 389 g/mol. The average Bonchev–Trinajstić information content (AvgIpc) is 3.35. The topological polar surface area (TPSA) is 43.2 Å². The van der Waals surface area contributed by atoms with Crippen LogP contribution in [0, 0.1) is 0 Å². The van der Waals surface area contributed by atoms with Crippen LogP contribution in [-0.4, -0.2) is 45.7 Å². The largest absolute Gasteiger partial charge is 0.376 e. The van der Waals surface area contributed by atoms with Crippen molar-refractivity contribution in [2.24, 2.45) is 0 Å². The molecule has 0 spiro atoms. The lowest BCUT2D eigenvalue weighted by atomic mass is 10.2. The summed E-state index contributed by atoms with van der Waals surface area (Å²) in [6.07, 6.45) is 4.63. The van der Waals surface area contributed by atoms with Crippen LogP contribution in [-0.2, 0) is 24.4 Å². The molecule has 5 nitrogen and oxygen atoms in total. The summed E-state index contributed by atoms with van der Waals surface area (Å²) in [6.45, 7) is 3.44. The predicted molar refractivity (Wildman–Crippen MR) is 108 cm³/mol. The van der Waals surface area contributed by atoms with Crippen molar-refractivity contribution < 1.29 is 4.74 Å². The van der Waals surface area contributed by atoms with Gasteiger partial charge in [-0.1, -0.05) is 30.0 Å². The maximum atomic E-state index is 5.82. The minimum atomic E-state index is 0.295. The number of ether oxygens (including phenoxy) is 1. The summed E-state index contributed by atoms with van der Waals surface area (Å²) in [5.74, 6) is 1.02. The third-order valence-corrected chi connectivity index (χ3v) is 6.47. The number of fused-ring (bicyclic) bond motifs is 1. The zero-order valence-corrected chi connectivity index (χ0v) is 16.9.